The fourth-order valence-electron chi connectivity index (χ4n) is 1.58. The van der Waals surface area contributed by atoms with Crippen molar-refractivity contribution in [1.82, 2.24) is 4.72 Å². The van der Waals surface area contributed by atoms with E-state index in [1.165, 1.54) is 18.2 Å². The summed E-state index contributed by atoms with van der Waals surface area (Å²) in [5.41, 5.74) is 5.47. The van der Waals surface area contributed by atoms with Crippen LogP contribution in [-0.4, -0.2) is 34.2 Å². The van der Waals surface area contributed by atoms with Crippen LogP contribution < -0.4 is 14.8 Å². The third-order valence-electron chi connectivity index (χ3n) is 2.44. The van der Waals surface area contributed by atoms with E-state index in [4.69, 9.17) is 5.73 Å². The van der Waals surface area contributed by atoms with Crippen molar-refractivity contribution in [3.05, 3.63) is 30.1 Å². The van der Waals surface area contributed by atoms with E-state index in [-0.39, 0.29) is 25.4 Å². The number of anilines is 1. The summed E-state index contributed by atoms with van der Waals surface area (Å²) in [6, 6.07) is 5.04. The van der Waals surface area contributed by atoms with Crippen molar-refractivity contribution in [1.29, 1.82) is 0 Å². The Morgan fingerprint density at radius 3 is 2.76 bits per heavy atom. The maximum Gasteiger partial charge on any atom is 0.422 e. The van der Waals surface area contributed by atoms with E-state index in [9.17, 15) is 17.6 Å². The van der Waals surface area contributed by atoms with Crippen LogP contribution in [0.1, 0.15) is 13.3 Å². The average Bonchev–Trinajstić information content (AvgIpc) is 2.38. The molecule has 1 rings (SSSR count). The molecule has 0 fully saturated rings. The molecule has 0 atom stereocenters. The van der Waals surface area contributed by atoms with Crippen LogP contribution in [0.2, 0.25) is 0 Å². The first-order chi connectivity index (χ1) is 9.90. The van der Waals surface area contributed by atoms with Crippen molar-refractivity contribution in [2.45, 2.75) is 13.3 Å². The Hall–Kier alpha value is -1.87. The van der Waals surface area contributed by atoms with Gasteiger partial charge in [-0.3, -0.25) is 4.31 Å². The van der Waals surface area contributed by atoms with Gasteiger partial charge in [0.15, 0.2) is 0 Å². The third-order valence-corrected chi connectivity index (χ3v) is 3.84. The number of amides is 1. The standard InChI is InChI=1S/C12H18FN3O4S/c1-2-20-12(17)15-21(18,19)16(8-4-7-14)11-6-3-5-10(13)9-11/h3,5-6,9H,2,4,7-8,14H2,1H3,(H,15,17). The van der Waals surface area contributed by atoms with Crippen molar-refractivity contribution < 1.29 is 22.3 Å². The lowest BCUT2D eigenvalue weighted by Crippen LogP contribution is -2.44. The van der Waals surface area contributed by atoms with Gasteiger partial charge in [-0.1, -0.05) is 6.07 Å². The Kier molecular flexibility index (Phi) is 6.38. The molecule has 118 valence electrons. The van der Waals surface area contributed by atoms with Crippen LogP contribution in [0.25, 0.3) is 0 Å². The Morgan fingerprint density at radius 2 is 2.19 bits per heavy atom. The molecule has 0 aliphatic rings. The molecule has 0 heterocycles. The highest BCUT2D eigenvalue weighted by Gasteiger charge is 2.25. The van der Waals surface area contributed by atoms with E-state index < -0.39 is 22.1 Å². The van der Waals surface area contributed by atoms with Crippen molar-refractivity contribution in [3.63, 3.8) is 0 Å². The van der Waals surface area contributed by atoms with E-state index >= 15 is 0 Å². The first-order valence-electron chi connectivity index (χ1n) is 6.33. The molecule has 0 saturated heterocycles. The van der Waals surface area contributed by atoms with Gasteiger partial charge in [0.25, 0.3) is 0 Å². The van der Waals surface area contributed by atoms with Gasteiger partial charge in [-0.05, 0) is 38.1 Å². The minimum absolute atomic E-state index is 0.00862. The van der Waals surface area contributed by atoms with Gasteiger partial charge in [0.1, 0.15) is 5.82 Å². The zero-order valence-corrected chi connectivity index (χ0v) is 12.4. The normalized spacial score (nSPS) is 11.0. The number of nitrogens with zero attached hydrogens (tertiary/aromatic N) is 1. The topological polar surface area (TPSA) is 102 Å². The Labute approximate surface area is 123 Å². The minimum atomic E-state index is -4.20. The van der Waals surface area contributed by atoms with E-state index in [1.54, 1.807) is 11.6 Å². The number of carbonyl (C=O) groups excluding carboxylic acids is 1. The molecule has 0 saturated carbocycles. The third kappa shape index (κ3) is 5.20. The van der Waals surface area contributed by atoms with E-state index in [2.05, 4.69) is 4.74 Å². The van der Waals surface area contributed by atoms with Crippen molar-refractivity contribution in [2.24, 2.45) is 5.73 Å². The number of carbonyl (C=O) groups is 1. The van der Waals surface area contributed by atoms with Crippen LogP contribution in [0.15, 0.2) is 24.3 Å². The molecule has 1 aromatic rings. The zero-order chi connectivity index (χ0) is 15.9. The largest absolute Gasteiger partial charge is 0.449 e. The van der Waals surface area contributed by atoms with Crippen LogP contribution >= 0.6 is 0 Å². The summed E-state index contributed by atoms with van der Waals surface area (Å²) in [6.07, 6.45) is -0.744. The lowest BCUT2D eigenvalue weighted by molar-refractivity contribution is 0.158. The second kappa shape index (κ2) is 7.79. The number of ether oxygens (including phenoxy) is 1. The van der Waals surface area contributed by atoms with Gasteiger partial charge in [-0.25, -0.2) is 13.9 Å². The summed E-state index contributed by atoms with van der Waals surface area (Å²) in [5.74, 6) is -0.586. The summed E-state index contributed by atoms with van der Waals surface area (Å²) in [7, 11) is -4.20. The highest BCUT2D eigenvalue weighted by Crippen LogP contribution is 2.18. The number of halogens is 1. The summed E-state index contributed by atoms with van der Waals surface area (Å²) >= 11 is 0. The molecule has 0 radical (unpaired) electrons. The van der Waals surface area contributed by atoms with Gasteiger partial charge < -0.3 is 10.5 Å². The lowest BCUT2D eigenvalue weighted by Gasteiger charge is -2.24. The molecule has 0 aliphatic heterocycles. The second-order valence-corrected chi connectivity index (χ2v) is 5.62. The number of rotatable bonds is 7. The quantitative estimate of drug-likeness (QED) is 0.780. The fourth-order valence-corrected chi connectivity index (χ4v) is 2.72. The smallest absolute Gasteiger partial charge is 0.422 e. The highest BCUT2D eigenvalue weighted by atomic mass is 32.2. The number of nitrogens with one attached hydrogen (secondary N) is 1. The molecule has 9 heteroatoms. The molecular weight excluding hydrogens is 301 g/mol. The molecular formula is C12H18FN3O4S. The molecule has 1 aromatic carbocycles. The number of benzene rings is 1. The van der Waals surface area contributed by atoms with E-state index in [0.717, 1.165) is 10.4 Å². The van der Waals surface area contributed by atoms with Crippen molar-refractivity contribution in [2.75, 3.05) is 24.0 Å². The Bertz CT molecular complexity index is 580. The molecule has 7 nitrogen and oxygen atoms in total. The highest BCUT2D eigenvalue weighted by molar-refractivity contribution is 7.91. The van der Waals surface area contributed by atoms with Gasteiger partial charge in [0, 0.05) is 6.54 Å². The van der Waals surface area contributed by atoms with E-state index in [1.807, 2.05) is 0 Å². The zero-order valence-electron chi connectivity index (χ0n) is 11.6. The van der Waals surface area contributed by atoms with E-state index in [0.29, 0.717) is 6.42 Å². The van der Waals surface area contributed by atoms with Gasteiger partial charge in [-0.15, -0.1) is 0 Å². The molecule has 0 bridgehead atoms. The first-order valence-corrected chi connectivity index (χ1v) is 7.77. The van der Waals surface area contributed by atoms with Crippen LogP contribution in [-0.2, 0) is 14.9 Å². The second-order valence-electron chi connectivity index (χ2n) is 4.02. The number of hydrogen-bond donors (Lipinski definition) is 2. The van der Waals surface area contributed by atoms with Crippen LogP contribution in [0.4, 0.5) is 14.9 Å². The molecule has 1 amide bonds. The molecule has 21 heavy (non-hydrogen) atoms. The maximum atomic E-state index is 13.3. The van der Waals surface area contributed by atoms with Gasteiger partial charge in [0.05, 0.1) is 12.3 Å². The Morgan fingerprint density at radius 1 is 1.48 bits per heavy atom. The number of nitrogens with two attached hydrogens (primary N) is 1. The molecule has 0 aliphatic carbocycles. The summed E-state index contributed by atoms with van der Waals surface area (Å²) in [4.78, 5) is 11.3. The molecule has 0 unspecified atom stereocenters. The van der Waals surface area contributed by atoms with Crippen LogP contribution in [0, 0.1) is 5.82 Å². The molecule has 0 aromatic heterocycles. The van der Waals surface area contributed by atoms with Gasteiger partial charge in [0.2, 0.25) is 0 Å². The maximum absolute atomic E-state index is 13.3. The minimum Gasteiger partial charge on any atom is -0.449 e. The van der Waals surface area contributed by atoms with Crippen LogP contribution in [0.3, 0.4) is 0 Å². The summed E-state index contributed by atoms with van der Waals surface area (Å²) < 4.78 is 44.8. The van der Waals surface area contributed by atoms with Crippen molar-refractivity contribution >= 4 is 22.0 Å². The van der Waals surface area contributed by atoms with Gasteiger partial charge >= 0.3 is 16.3 Å². The average molecular weight is 319 g/mol. The summed E-state index contributed by atoms with van der Waals surface area (Å²) in [6.45, 7) is 1.84. The SMILES string of the molecule is CCOC(=O)NS(=O)(=O)N(CCCN)c1cccc(F)c1. The molecule has 0 spiro atoms. The predicted molar refractivity (Wildman–Crippen MR) is 76.5 cm³/mol. The molecule has 3 N–H and O–H groups in total. The Balaban J connectivity index is 3.03. The van der Waals surface area contributed by atoms with Crippen molar-refractivity contribution in [3.8, 4) is 0 Å². The predicted octanol–water partition coefficient (Wildman–Crippen LogP) is 0.972. The number of hydrogen-bond acceptors (Lipinski definition) is 5. The monoisotopic (exact) mass is 319 g/mol. The summed E-state index contributed by atoms with van der Waals surface area (Å²) in [5, 5.41) is 0. The first kappa shape index (κ1) is 17.2. The van der Waals surface area contributed by atoms with Gasteiger partial charge in [-0.2, -0.15) is 8.42 Å². The fraction of sp³-hybridized carbons (Fsp3) is 0.417. The lowest BCUT2D eigenvalue weighted by atomic mass is 10.3. The van der Waals surface area contributed by atoms with Crippen LogP contribution in [0.5, 0.6) is 0 Å².